The second-order valence-electron chi connectivity index (χ2n) is 3.69. The van der Waals surface area contributed by atoms with E-state index in [9.17, 15) is 18.0 Å². The molecule has 0 aliphatic heterocycles. The third kappa shape index (κ3) is 3.28. The summed E-state index contributed by atoms with van der Waals surface area (Å²) in [6.07, 6.45) is -1.88. The molecular formula is C11H8F3N3OS. The predicted octanol–water partition coefficient (Wildman–Crippen LogP) is 2.25. The van der Waals surface area contributed by atoms with Gasteiger partial charge in [-0.1, -0.05) is 0 Å². The molecule has 0 aliphatic carbocycles. The molecule has 0 spiro atoms. The van der Waals surface area contributed by atoms with E-state index in [2.05, 4.69) is 9.97 Å². The first-order chi connectivity index (χ1) is 8.86. The summed E-state index contributed by atoms with van der Waals surface area (Å²) in [5.74, 6) is -0.610. The molecule has 2 heterocycles. The fraction of sp³-hybridized carbons (Fsp3) is 0.182. The van der Waals surface area contributed by atoms with Gasteiger partial charge in [0.05, 0.1) is 16.8 Å². The first-order valence-corrected chi connectivity index (χ1v) is 5.94. The average molecular weight is 287 g/mol. The van der Waals surface area contributed by atoms with Crippen LogP contribution < -0.4 is 5.73 Å². The van der Waals surface area contributed by atoms with Crippen molar-refractivity contribution in [3.8, 4) is 0 Å². The van der Waals surface area contributed by atoms with Gasteiger partial charge >= 0.3 is 6.18 Å². The highest BCUT2D eigenvalue weighted by Gasteiger charge is 2.30. The van der Waals surface area contributed by atoms with Crippen LogP contribution in [-0.2, 0) is 12.6 Å². The standard InChI is InChI=1S/C11H8F3N3OS/c12-11(13,14)6-1-2-16-7(3-6)4-9-17-5-8(19-9)10(15)18/h1-3,5H,4H2,(H2,15,18). The number of nitrogens with two attached hydrogens (primary N) is 1. The van der Waals surface area contributed by atoms with Gasteiger partial charge in [0.2, 0.25) is 0 Å². The van der Waals surface area contributed by atoms with Crippen molar-refractivity contribution in [3.05, 3.63) is 45.7 Å². The maximum absolute atomic E-state index is 12.5. The van der Waals surface area contributed by atoms with E-state index in [1.165, 1.54) is 6.20 Å². The minimum Gasteiger partial charge on any atom is -0.365 e. The zero-order chi connectivity index (χ0) is 14.0. The van der Waals surface area contributed by atoms with E-state index in [-0.39, 0.29) is 17.0 Å². The Morgan fingerprint density at radius 3 is 2.68 bits per heavy atom. The zero-order valence-electron chi connectivity index (χ0n) is 9.44. The smallest absolute Gasteiger partial charge is 0.365 e. The number of carbonyl (C=O) groups excluding carboxylic acids is 1. The molecule has 4 nitrogen and oxygen atoms in total. The molecule has 0 radical (unpaired) electrons. The second-order valence-corrected chi connectivity index (χ2v) is 4.81. The number of rotatable bonds is 3. The lowest BCUT2D eigenvalue weighted by Crippen LogP contribution is -2.08. The van der Waals surface area contributed by atoms with Crippen LogP contribution in [0.1, 0.15) is 25.9 Å². The van der Waals surface area contributed by atoms with E-state index >= 15 is 0 Å². The fourth-order valence-corrected chi connectivity index (χ4v) is 2.20. The molecule has 2 rings (SSSR count). The van der Waals surface area contributed by atoms with Gasteiger partial charge in [-0.15, -0.1) is 11.3 Å². The van der Waals surface area contributed by atoms with E-state index in [4.69, 9.17) is 5.73 Å². The fourth-order valence-electron chi connectivity index (χ4n) is 1.41. The van der Waals surface area contributed by atoms with E-state index in [1.54, 1.807) is 0 Å². The first kappa shape index (κ1) is 13.5. The minimum atomic E-state index is -4.40. The summed E-state index contributed by atoms with van der Waals surface area (Å²) in [5, 5.41) is 0.487. The second kappa shape index (κ2) is 4.96. The molecule has 0 bridgehead atoms. The number of halogens is 3. The molecule has 0 aliphatic rings. The van der Waals surface area contributed by atoms with Crippen molar-refractivity contribution in [2.75, 3.05) is 0 Å². The van der Waals surface area contributed by atoms with Crippen molar-refractivity contribution in [3.63, 3.8) is 0 Å². The van der Waals surface area contributed by atoms with Crippen LogP contribution in [0.3, 0.4) is 0 Å². The Morgan fingerprint density at radius 1 is 1.37 bits per heavy atom. The number of thiazole rings is 1. The Labute approximate surface area is 110 Å². The maximum atomic E-state index is 12.5. The van der Waals surface area contributed by atoms with Gasteiger partial charge in [0.25, 0.3) is 5.91 Å². The normalized spacial score (nSPS) is 11.5. The van der Waals surface area contributed by atoms with Crippen LogP contribution in [0.5, 0.6) is 0 Å². The highest BCUT2D eigenvalue weighted by atomic mass is 32.1. The third-order valence-corrected chi connectivity index (χ3v) is 3.28. The lowest BCUT2D eigenvalue weighted by atomic mass is 10.2. The van der Waals surface area contributed by atoms with Gasteiger partial charge in [-0.05, 0) is 12.1 Å². The molecule has 2 aromatic rings. The summed E-state index contributed by atoms with van der Waals surface area (Å²) in [6, 6.07) is 1.87. The summed E-state index contributed by atoms with van der Waals surface area (Å²) in [7, 11) is 0. The molecule has 2 aromatic heterocycles. The van der Waals surface area contributed by atoms with Gasteiger partial charge < -0.3 is 5.73 Å². The van der Waals surface area contributed by atoms with Gasteiger partial charge in [0.1, 0.15) is 4.88 Å². The average Bonchev–Trinajstić information content (AvgIpc) is 2.77. The van der Waals surface area contributed by atoms with E-state index in [0.29, 0.717) is 5.01 Å². The highest BCUT2D eigenvalue weighted by molar-refractivity contribution is 7.13. The van der Waals surface area contributed by atoms with E-state index < -0.39 is 17.6 Å². The molecule has 0 atom stereocenters. The largest absolute Gasteiger partial charge is 0.416 e. The van der Waals surface area contributed by atoms with E-state index in [1.807, 2.05) is 0 Å². The first-order valence-electron chi connectivity index (χ1n) is 5.13. The van der Waals surface area contributed by atoms with Crippen LogP contribution in [-0.4, -0.2) is 15.9 Å². The van der Waals surface area contributed by atoms with Crippen molar-refractivity contribution in [1.82, 2.24) is 9.97 Å². The number of aromatic nitrogens is 2. The summed E-state index contributed by atoms with van der Waals surface area (Å²) < 4.78 is 37.5. The SMILES string of the molecule is NC(=O)c1cnc(Cc2cc(C(F)(F)F)ccn2)s1. The van der Waals surface area contributed by atoms with Crippen LogP contribution in [0, 0.1) is 0 Å². The number of pyridine rings is 1. The van der Waals surface area contributed by atoms with Crippen LogP contribution in [0.25, 0.3) is 0 Å². The molecule has 0 unspecified atom stereocenters. The van der Waals surface area contributed by atoms with Crippen LogP contribution in [0.4, 0.5) is 13.2 Å². The van der Waals surface area contributed by atoms with Crippen molar-refractivity contribution < 1.29 is 18.0 Å². The summed E-state index contributed by atoms with van der Waals surface area (Å²) in [5.41, 5.74) is 4.55. The lowest BCUT2D eigenvalue weighted by molar-refractivity contribution is -0.137. The summed E-state index contributed by atoms with van der Waals surface area (Å²) >= 11 is 1.04. The molecule has 0 fully saturated rings. The third-order valence-electron chi connectivity index (χ3n) is 2.27. The monoisotopic (exact) mass is 287 g/mol. The molecule has 19 heavy (non-hydrogen) atoms. The number of hydrogen-bond acceptors (Lipinski definition) is 4. The van der Waals surface area contributed by atoms with Crippen molar-refractivity contribution >= 4 is 17.2 Å². The minimum absolute atomic E-state index is 0.127. The number of hydrogen-bond donors (Lipinski definition) is 1. The molecule has 0 aromatic carbocycles. The Balaban J connectivity index is 2.21. The van der Waals surface area contributed by atoms with Crippen molar-refractivity contribution in [1.29, 1.82) is 0 Å². The van der Waals surface area contributed by atoms with Crippen LogP contribution >= 0.6 is 11.3 Å². The molecule has 2 N–H and O–H groups in total. The summed E-state index contributed by atoms with van der Waals surface area (Å²) in [6.45, 7) is 0. The lowest BCUT2D eigenvalue weighted by Gasteiger charge is -2.07. The Bertz CT molecular complexity index is 609. The zero-order valence-corrected chi connectivity index (χ0v) is 10.3. The molecule has 0 saturated heterocycles. The number of amides is 1. The predicted molar refractivity (Wildman–Crippen MR) is 62.7 cm³/mol. The van der Waals surface area contributed by atoms with E-state index in [0.717, 1.165) is 29.7 Å². The van der Waals surface area contributed by atoms with Gasteiger partial charge in [0.15, 0.2) is 0 Å². The molecule has 0 saturated carbocycles. The quantitative estimate of drug-likeness (QED) is 0.941. The van der Waals surface area contributed by atoms with Crippen molar-refractivity contribution in [2.45, 2.75) is 12.6 Å². The maximum Gasteiger partial charge on any atom is 0.416 e. The van der Waals surface area contributed by atoms with Gasteiger partial charge in [-0.3, -0.25) is 9.78 Å². The van der Waals surface area contributed by atoms with Gasteiger partial charge in [-0.25, -0.2) is 4.98 Å². The highest BCUT2D eigenvalue weighted by Crippen LogP contribution is 2.29. The Kier molecular flexibility index (Phi) is 3.52. The Hall–Kier alpha value is -1.96. The van der Waals surface area contributed by atoms with Crippen molar-refractivity contribution in [2.24, 2.45) is 5.73 Å². The van der Waals surface area contributed by atoms with Gasteiger partial charge in [0, 0.05) is 18.3 Å². The summed E-state index contributed by atoms with van der Waals surface area (Å²) in [4.78, 5) is 18.9. The van der Waals surface area contributed by atoms with Crippen LogP contribution in [0.15, 0.2) is 24.5 Å². The molecule has 1 amide bonds. The molecule has 100 valence electrons. The topological polar surface area (TPSA) is 68.9 Å². The van der Waals surface area contributed by atoms with Crippen LogP contribution in [0.2, 0.25) is 0 Å². The Morgan fingerprint density at radius 2 is 2.11 bits per heavy atom. The number of carbonyl (C=O) groups is 1. The molecule has 8 heteroatoms. The number of primary amides is 1. The molecular weight excluding hydrogens is 279 g/mol. The van der Waals surface area contributed by atoms with Gasteiger partial charge in [-0.2, -0.15) is 13.2 Å². The number of nitrogens with zero attached hydrogens (tertiary/aromatic N) is 2. The number of alkyl halides is 3.